The number of nitrogens with one attached hydrogen (secondary N) is 2. The molecule has 0 saturated carbocycles. The number of carbonyl (C=O) groups is 3. The lowest BCUT2D eigenvalue weighted by Crippen LogP contribution is -2.28. The first-order valence-electron chi connectivity index (χ1n) is 8.59. The van der Waals surface area contributed by atoms with Gasteiger partial charge in [-0.3, -0.25) is 14.4 Å². The Hall–Kier alpha value is -2.86. The molecule has 0 aromatic heterocycles. The van der Waals surface area contributed by atoms with E-state index in [-0.39, 0.29) is 24.1 Å². The Morgan fingerprint density at radius 2 is 1.70 bits per heavy atom. The largest absolute Gasteiger partial charge is 0.326 e. The molecule has 0 bridgehead atoms. The van der Waals surface area contributed by atoms with E-state index in [0.717, 1.165) is 11.3 Å². The number of rotatable bonds is 4. The molecule has 1 fully saturated rings. The summed E-state index contributed by atoms with van der Waals surface area (Å²) < 4.78 is 0. The van der Waals surface area contributed by atoms with Crippen molar-refractivity contribution in [3.05, 3.63) is 53.1 Å². The van der Waals surface area contributed by atoms with Crippen molar-refractivity contribution < 1.29 is 14.4 Å². The van der Waals surface area contributed by atoms with Gasteiger partial charge in [-0.25, -0.2) is 0 Å². The summed E-state index contributed by atoms with van der Waals surface area (Å²) in [6.07, 6.45) is 0.155. The summed E-state index contributed by atoms with van der Waals surface area (Å²) >= 11 is 6.15. The maximum Gasteiger partial charge on any atom is 0.229 e. The van der Waals surface area contributed by atoms with Crippen LogP contribution in [0, 0.1) is 12.8 Å². The second kappa shape index (κ2) is 7.80. The molecular weight excluding hydrogens is 366 g/mol. The van der Waals surface area contributed by atoms with Crippen LogP contribution in [-0.2, 0) is 14.4 Å². The molecule has 1 aliphatic rings. The molecule has 0 aliphatic carbocycles. The summed E-state index contributed by atoms with van der Waals surface area (Å²) in [5.74, 6) is -0.905. The Balaban J connectivity index is 1.67. The molecule has 2 N–H and O–H groups in total. The van der Waals surface area contributed by atoms with Gasteiger partial charge in [-0.1, -0.05) is 17.7 Å². The minimum atomic E-state index is -0.439. The van der Waals surface area contributed by atoms with E-state index in [1.54, 1.807) is 41.3 Å². The minimum absolute atomic E-state index is 0.0958. The molecule has 3 rings (SSSR count). The van der Waals surface area contributed by atoms with Gasteiger partial charge in [-0.2, -0.15) is 0 Å². The lowest BCUT2D eigenvalue weighted by Gasteiger charge is -2.19. The normalized spacial score (nSPS) is 16.3. The van der Waals surface area contributed by atoms with E-state index in [4.69, 9.17) is 11.6 Å². The van der Waals surface area contributed by atoms with Crippen LogP contribution in [0.1, 0.15) is 18.9 Å². The monoisotopic (exact) mass is 385 g/mol. The smallest absolute Gasteiger partial charge is 0.229 e. The highest BCUT2D eigenvalue weighted by molar-refractivity contribution is 6.31. The average Bonchev–Trinajstić information content (AvgIpc) is 3.00. The van der Waals surface area contributed by atoms with Crippen molar-refractivity contribution in [2.45, 2.75) is 20.3 Å². The van der Waals surface area contributed by atoms with Gasteiger partial charge in [0.15, 0.2) is 0 Å². The van der Waals surface area contributed by atoms with Gasteiger partial charge < -0.3 is 15.5 Å². The molecule has 6 nitrogen and oxygen atoms in total. The third-order valence-electron chi connectivity index (χ3n) is 4.50. The van der Waals surface area contributed by atoms with Gasteiger partial charge in [-0.15, -0.1) is 0 Å². The van der Waals surface area contributed by atoms with Gasteiger partial charge >= 0.3 is 0 Å². The van der Waals surface area contributed by atoms with Crippen LogP contribution in [0.3, 0.4) is 0 Å². The van der Waals surface area contributed by atoms with Gasteiger partial charge in [0.2, 0.25) is 17.7 Å². The second-order valence-corrected chi connectivity index (χ2v) is 6.94. The standard InChI is InChI=1S/C20H20ClN3O3/c1-12-17(21)4-3-5-18(12)24-11-14(10-19(24)26)20(27)23-16-8-6-15(7-9-16)22-13(2)25/h3-9,14H,10-11H2,1-2H3,(H,22,25)(H,23,27). The van der Waals surface area contributed by atoms with E-state index in [0.29, 0.717) is 22.9 Å². The average molecular weight is 386 g/mol. The number of hydrogen-bond acceptors (Lipinski definition) is 3. The lowest BCUT2D eigenvalue weighted by atomic mass is 10.1. The summed E-state index contributed by atoms with van der Waals surface area (Å²) in [7, 11) is 0. The van der Waals surface area contributed by atoms with E-state index in [1.165, 1.54) is 6.92 Å². The number of nitrogens with zero attached hydrogens (tertiary/aromatic N) is 1. The topological polar surface area (TPSA) is 78.5 Å². The van der Waals surface area contributed by atoms with Crippen molar-refractivity contribution in [3.63, 3.8) is 0 Å². The van der Waals surface area contributed by atoms with E-state index in [2.05, 4.69) is 10.6 Å². The zero-order chi connectivity index (χ0) is 19.6. The highest BCUT2D eigenvalue weighted by atomic mass is 35.5. The maximum absolute atomic E-state index is 12.6. The van der Waals surface area contributed by atoms with Crippen molar-refractivity contribution in [2.24, 2.45) is 5.92 Å². The Labute approximate surface area is 162 Å². The maximum atomic E-state index is 12.6. The van der Waals surface area contributed by atoms with Crippen LogP contribution in [0.15, 0.2) is 42.5 Å². The molecule has 1 atom stereocenters. The molecule has 1 unspecified atom stereocenters. The minimum Gasteiger partial charge on any atom is -0.326 e. The zero-order valence-corrected chi connectivity index (χ0v) is 15.8. The molecule has 27 heavy (non-hydrogen) atoms. The number of amides is 3. The molecule has 7 heteroatoms. The van der Waals surface area contributed by atoms with E-state index >= 15 is 0 Å². The van der Waals surface area contributed by atoms with Crippen LogP contribution in [0.2, 0.25) is 5.02 Å². The Morgan fingerprint density at radius 1 is 1.07 bits per heavy atom. The summed E-state index contributed by atoms with van der Waals surface area (Å²) in [5, 5.41) is 6.08. The first-order valence-corrected chi connectivity index (χ1v) is 8.97. The van der Waals surface area contributed by atoms with Crippen LogP contribution >= 0.6 is 11.6 Å². The SMILES string of the molecule is CC(=O)Nc1ccc(NC(=O)C2CC(=O)N(c3cccc(Cl)c3C)C2)cc1. The van der Waals surface area contributed by atoms with Crippen molar-refractivity contribution in [1.82, 2.24) is 0 Å². The van der Waals surface area contributed by atoms with Gasteiger partial charge in [0.1, 0.15) is 0 Å². The molecule has 1 heterocycles. The fraction of sp³-hybridized carbons (Fsp3) is 0.250. The van der Waals surface area contributed by atoms with Crippen LogP contribution in [0.5, 0.6) is 0 Å². The van der Waals surface area contributed by atoms with Crippen molar-refractivity contribution in [3.8, 4) is 0 Å². The highest BCUT2D eigenvalue weighted by Crippen LogP contribution is 2.31. The molecule has 2 aromatic rings. The predicted molar refractivity (Wildman–Crippen MR) is 106 cm³/mol. The fourth-order valence-electron chi connectivity index (χ4n) is 3.09. The lowest BCUT2D eigenvalue weighted by molar-refractivity contribution is -0.122. The molecule has 2 aromatic carbocycles. The van der Waals surface area contributed by atoms with E-state index < -0.39 is 5.92 Å². The summed E-state index contributed by atoms with van der Waals surface area (Å²) in [5.41, 5.74) is 2.82. The Morgan fingerprint density at radius 3 is 2.33 bits per heavy atom. The van der Waals surface area contributed by atoms with Gasteiger partial charge in [0, 0.05) is 42.0 Å². The van der Waals surface area contributed by atoms with Crippen molar-refractivity contribution >= 4 is 46.4 Å². The summed E-state index contributed by atoms with van der Waals surface area (Å²) in [6.45, 7) is 3.60. The second-order valence-electron chi connectivity index (χ2n) is 6.54. The van der Waals surface area contributed by atoms with Gasteiger partial charge in [0.25, 0.3) is 0 Å². The van der Waals surface area contributed by atoms with Crippen LogP contribution < -0.4 is 15.5 Å². The third-order valence-corrected chi connectivity index (χ3v) is 4.91. The predicted octanol–water partition coefficient (Wildman–Crippen LogP) is 3.60. The fourth-order valence-corrected chi connectivity index (χ4v) is 3.26. The highest BCUT2D eigenvalue weighted by Gasteiger charge is 2.35. The number of anilines is 3. The Kier molecular flexibility index (Phi) is 5.46. The van der Waals surface area contributed by atoms with E-state index in [9.17, 15) is 14.4 Å². The number of halogens is 1. The zero-order valence-electron chi connectivity index (χ0n) is 15.1. The Bertz CT molecular complexity index is 896. The number of carbonyl (C=O) groups excluding carboxylic acids is 3. The first kappa shape index (κ1) is 18.9. The molecule has 0 spiro atoms. The molecule has 0 radical (unpaired) electrons. The van der Waals surface area contributed by atoms with Crippen molar-refractivity contribution in [1.29, 1.82) is 0 Å². The molecular formula is C20H20ClN3O3. The molecule has 1 saturated heterocycles. The molecule has 1 aliphatic heterocycles. The number of hydrogen-bond donors (Lipinski definition) is 2. The summed E-state index contributed by atoms with van der Waals surface area (Å²) in [6, 6.07) is 12.2. The third kappa shape index (κ3) is 4.28. The number of benzene rings is 2. The molecule has 140 valence electrons. The first-order chi connectivity index (χ1) is 12.8. The van der Waals surface area contributed by atoms with E-state index in [1.807, 2.05) is 13.0 Å². The van der Waals surface area contributed by atoms with Gasteiger partial charge in [0.05, 0.1) is 5.92 Å². The van der Waals surface area contributed by atoms with Crippen LogP contribution in [0.25, 0.3) is 0 Å². The van der Waals surface area contributed by atoms with Crippen LogP contribution in [-0.4, -0.2) is 24.3 Å². The molecule has 3 amide bonds. The van der Waals surface area contributed by atoms with Gasteiger partial charge in [-0.05, 0) is 48.9 Å². The quantitative estimate of drug-likeness (QED) is 0.844. The van der Waals surface area contributed by atoms with Crippen molar-refractivity contribution in [2.75, 3.05) is 22.1 Å². The summed E-state index contributed by atoms with van der Waals surface area (Å²) in [4.78, 5) is 37.6. The van der Waals surface area contributed by atoms with Crippen LogP contribution in [0.4, 0.5) is 17.1 Å².